The van der Waals surface area contributed by atoms with Crippen molar-refractivity contribution in [3.05, 3.63) is 59.7 Å². The van der Waals surface area contributed by atoms with Crippen LogP contribution in [0.3, 0.4) is 0 Å². The summed E-state index contributed by atoms with van der Waals surface area (Å²) in [7, 11) is 0. The normalized spacial score (nSPS) is 10.7. The van der Waals surface area contributed by atoms with Gasteiger partial charge < -0.3 is 14.5 Å². The van der Waals surface area contributed by atoms with E-state index in [0.29, 0.717) is 23.8 Å². The Hall–Kier alpha value is -2.89. The van der Waals surface area contributed by atoms with Gasteiger partial charge in [-0.2, -0.15) is 0 Å². The fourth-order valence-corrected chi connectivity index (χ4v) is 2.16. The number of benzene rings is 2. The van der Waals surface area contributed by atoms with E-state index in [1.165, 1.54) is 18.2 Å². The van der Waals surface area contributed by atoms with Gasteiger partial charge in [0.2, 0.25) is 0 Å². The predicted molar refractivity (Wildman–Crippen MR) is 82.5 cm³/mol. The zero-order chi connectivity index (χ0) is 16.2. The third-order valence-electron chi connectivity index (χ3n) is 3.21. The van der Waals surface area contributed by atoms with Gasteiger partial charge >= 0.3 is 0 Å². The Morgan fingerprint density at radius 1 is 1.30 bits per heavy atom. The van der Waals surface area contributed by atoms with Crippen molar-refractivity contribution < 1.29 is 18.3 Å². The summed E-state index contributed by atoms with van der Waals surface area (Å²) in [6, 6.07) is 11.2. The summed E-state index contributed by atoms with van der Waals surface area (Å²) in [6.45, 7) is 1.97. The lowest BCUT2D eigenvalue weighted by Crippen LogP contribution is -2.28. The molecule has 5 nitrogen and oxygen atoms in total. The summed E-state index contributed by atoms with van der Waals surface area (Å²) in [5.41, 5.74) is 2.38. The second kappa shape index (κ2) is 6.48. The Balaban J connectivity index is 1.53. The van der Waals surface area contributed by atoms with Crippen LogP contribution in [0, 0.1) is 12.7 Å². The maximum Gasteiger partial charge on any atom is 0.258 e. The van der Waals surface area contributed by atoms with Gasteiger partial charge in [0.1, 0.15) is 17.1 Å². The van der Waals surface area contributed by atoms with Crippen LogP contribution in [0.4, 0.5) is 4.39 Å². The number of nitrogens with zero attached hydrogens (tertiary/aromatic N) is 1. The van der Waals surface area contributed by atoms with Gasteiger partial charge in [0.05, 0.1) is 0 Å². The summed E-state index contributed by atoms with van der Waals surface area (Å²) in [5.74, 6) is 0.231. The van der Waals surface area contributed by atoms with Gasteiger partial charge in [-0.05, 0) is 29.8 Å². The average molecular weight is 314 g/mol. The molecule has 1 heterocycles. The summed E-state index contributed by atoms with van der Waals surface area (Å²) in [4.78, 5) is 16.0. The molecule has 0 radical (unpaired) electrons. The first-order valence-corrected chi connectivity index (χ1v) is 7.11. The standard InChI is InChI=1S/C17H15FN2O3/c1-11-20-15-7-12(5-6-16(15)23-11)9-19-17(21)10-22-14-4-2-3-13(18)8-14/h2-8H,9-10H2,1H3,(H,19,21). The highest BCUT2D eigenvalue weighted by atomic mass is 19.1. The van der Waals surface area contributed by atoms with Gasteiger partial charge in [0.15, 0.2) is 18.1 Å². The fraction of sp³-hybridized carbons (Fsp3) is 0.176. The van der Waals surface area contributed by atoms with Gasteiger partial charge in [-0.15, -0.1) is 0 Å². The highest BCUT2D eigenvalue weighted by molar-refractivity contribution is 5.78. The van der Waals surface area contributed by atoms with Crippen LogP contribution < -0.4 is 10.1 Å². The molecule has 1 aromatic heterocycles. The number of nitrogens with one attached hydrogen (secondary N) is 1. The number of rotatable bonds is 5. The van der Waals surface area contributed by atoms with Gasteiger partial charge in [-0.25, -0.2) is 9.37 Å². The number of aryl methyl sites for hydroxylation is 1. The minimum Gasteiger partial charge on any atom is -0.484 e. The number of aromatic nitrogens is 1. The molecule has 6 heteroatoms. The lowest BCUT2D eigenvalue weighted by atomic mass is 10.2. The zero-order valence-electron chi connectivity index (χ0n) is 12.5. The number of carbonyl (C=O) groups excluding carboxylic acids is 1. The number of hydrogen-bond donors (Lipinski definition) is 1. The lowest BCUT2D eigenvalue weighted by Gasteiger charge is -2.07. The highest BCUT2D eigenvalue weighted by Crippen LogP contribution is 2.16. The second-order valence-electron chi connectivity index (χ2n) is 5.06. The van der Waals surface area contributed by atoms with Crippen LogP contribution in [0.25, 0.3) is 11.1 Å². The van der Waals surface area contributed by atoms with Crippen LogP contribution in [0.5, 0.6) is 5.75 Å². The first-order valence-electron chi connectivity index (χ1n) is 7.11. The number of amides is 1. The third kappa shape index (κ3) is 3.85. The number of carbonyl (C=O) groups is 1. The van der Waals surface area contributed by atoms with Crippen molar-refractivity contribution in [1.29, 1.82) is 0 Å². The molecular weight excluding hydrogens is 299 g/mol. The van der Waals surface area contributed by atoms with E-state index < -0.39 is 5.82 Å². The van der Waals surface area contributed by atoms with Crippen LogP contribution in [-0.2, 0) is 11.3 Å². The molecule has 0 unspecified atom stereocenters. The molecule has 23 heavy (non-hydrogen) atoms. The van der Waals surface area contributed by atoms with Crippen molar-refractivity contribution in [2.24, 2.45) is 0 Å². The van der Waals surface area contributed by atoms with E-state index in [1.807, 2.05) is 18.2 Å². The molecular formula is C17H15FN2O3. The van der Waals surface area contributed by atoms with E-state index in [4.69, 9.17) is 9.15 Å². The maximum absolute atomic E-state index is 13.0. The zero-order valence-corrected chi connectivity index (χ0v) is 12.5. The van der Waals surface area contributed by atoms with Crippen LogP contribution in [0.2, 0.25) is 0 Å². The SMILES string of the molecule is Cc1nc2cc(CNC(=O)COc3cccc(F)c3)ccc2o1. The topological polar surface area (TPSA) is 64.4 Å². The molecule has 3 aromatic rings. The molecule has 3 rings (SSSR count). The largest absolute Gasteiger partial charge is 0.484 e. The maximum atomic E-state index is 13.0. The summed E-state index contributed by atoms with van der Waals surface area (Å²) >= 11 is 0. The van der Waals surface area contributed by atoms with Gasteiger partial charge in [-0.3, -0.25) is 4.79 Å². The van der Waals surface area contributed by atoms with Gasteiger partial charge in [0.25, 0.3) is 5.91 Å². The predicted octanol–water partition coefficient (Wildman–Crippen LogP) is 2.97. The second-order valence-corrected chi connectivity index (χ2v) is 5.06. The van der Waals surface area contributed by atoms with Gasteiger partial charge in [-0.1, -0.05) is 12.1 Å². The molecule has 1 N–H and O–H groups in total. The van der Waals surface area contributed by atoms with E-state index in [1.54, 1.807) is 13.0 Å². The Bertz CT molecular complexity index is 845. The minimum absolute atomic E-state index is 0.172. The Labute approximate surface area is 132 Å². The molecule has 0 aliphatic carbocycles. The lowest BCUT2D eigenvalue weighted by molar-refractivity contribution is -0.123. The molecule has 0 aliphatic rings. The van der Waals surface area contributed by atoms with E-state index in [0.717, 1.165) is 11.1 Å². The molecule has 0 fully saturated rings. The monoisotopic (exact) mass is 314 g/mol. The molecule has 0 aliphatic heterocycles. The Kier molecular flexibility index (Phi) is 4.23. The molecule has 0 saturated heterocycles. The van der Waals surface area contributed by atoms with Crippen molar-refractivity contribution in [3.8, 4) is 5.75 Å². The fourth-order valence-electron chi connectivity index (χ4n) is 2.16. The number of halogens is 1. The van der Waals surface area contributed by atoms with Crippen molar-refractivity contribution in [3.63, 3.8) is 0 Å². The van der Waals surface area contributed by atoms with Crippen LogP contribution in [0.15, 0.2) is 46.9 Å². The molecule has 1 amide bonds. The van der Waals surface area contributed by atoms with E-state index in [-0.39, 0.29) is 12.5 Å². The number of oxazole rings is 1. The summed E-state index contributed by atoms with van der Waals surface area (Å²) in [5, 5.41) is 2.74. The average Bonchev–Trinajstić information content (AvgIpc) is 2.90. The molecule has 0 atom stereocenters. The number of ether oxygens (including phenoxy) is 1. The molecule has 0 bridgehead atoms. The molecule has 118 valence electrons. The minimum atomic E-state index is -0.404. The summed E-state index contributed by atoms with van der Waals surface area (Å²) in [6.07, 6.45) is 0. The smallest absolute Gasteiger partial charge is 0.258 e. The van der Waals surface area contributed by atoms with E-state index in [2.05, 4.69) is 10.3 Å². The molecule has 0 spiro atoms. The van der Waals surface area contributed by atoms with Crippen LogP contribution >= 0.6 is 0 Å². The number of fused-ring (bicyclic) bond motifs is 1. The molecule has 0 saturated carbocycles. The summed E-state index contributed by atoms with van der Waals surface area (Å²) < 4.78 is 23.6. The Morgan fingerprint density at radius 2 is 2.17 bits per heavy atom. The van der Waals surface area contributed by atoms with E-state index >= 15 is 0 Å². The molecule has 2 aromatic carbocycles. The van der Waals surface area contributed by atoms with Crippen LogP contribution in [-0.4, -0.2) is 17.5 Å². The Morgan fingerprint density at radius 3 is 3.00 bits per heavy atom. The first-order chi connectivity index (χ1) is 11.1. The van der Waals surface area contributed by atoms with Crippen molar-refractivity contribution >= 4 is 17.0 Å². The quantitative estimate of drug-likeness (QED) is 0.786. The van der Waals surface area contributed by atoms with Crippen LogP contribution in [0.1, 0.15) is 11.5 Å². The van der Waals surface area contributed by atoms with Crippen molar-refractivity contribution in [1.82, 2.24) is 10.3 Å². The van der Waals surface area contributed by atoms with Crippen molar-refractivity contribution in [2.75, 3.05) is 6.61 Å². The first kappa shape index (κ1) is 15.0. The van der Waals surface area contributed by atoms with E-state index in [9.17, 15) is 9.18 Å². The number of hydrogen-bond acceptors (Lipinski definition) is 4. The highest BCUT2D eigenvalue weighted by Gasteiger charge is 2.06. The van der Waals surface area contributed by atoms with Crippen molar-refractivity contribution in [2.45, 2.75) is 13.5 Å². The van der Waals surface area contributed by atoms with Gasteiger partial charge in [0, 0.05) is 19.5 Å². The third-order valence-corrected chi connectivity index (χ3v) is 3.21.